The molecule has 3 N–H and O–H groups in total. The van der Waals surface area contributed by atoms with E-state index in [2.05, 4.69) is 101 Å². The molecule has 0 amide bonds. The third-order valence-corrected chi connectivity index (χ3v) is 15.6. The summed E-state index contributed by atoms with van der Waals surface area (Å²) in [4.78, 5) is 39.2. The molecular weight excluding hydrogens is 925 g/mol. The van der Waals surface area contributed by atoms with Crippen LogP contribution < -0.4 is 0 Å². The van der Waals surface area contributed by atoms with Crippen LogP contribution in [-0.2, 0) is 64.1 Å². The molecule has 0 saturated heterocycles. The van der Waals surface area contributed by atoms with E-state index in [1.165, 1.54) is 0 Å². The van der Waals surface area contributed by atoms with Crippen LogP contribution in [0.5, 0.6) is 17.2 Å². The van der Waals surface area contributed by atoms with Gasteiger partial charge in [0.1, 0.15) is 37.1 Å². The second-order valence-electron chi connectivity index (χ2n) is 21.9. The minimum absolute atomic E-state index is 0.0503. The highest BCUT2D eigenvalue weighted by molar-refractivity contribution is 7.99. The molecule has 3 aromatic rings. The van der Waals surface area contributed by atoms with Gasteiger partial charge >= 0.3 is 17.9 Å². The quantitative estimate of drug-likeness (QED) is 0.0362. The number of benzene rings is 3. The van der Waals surface area contributed by atoms with Crippen LogP contribution in [0.4, 0.5) is 0 Å². The van der Waals surface area contributed by atoms with E-state index in [1.54, 1.807) is 35.3 Å². The van der Waals surface area contributed by atoms with Gasteiger partial charge in [0, 0.05) is 17.3 Å². The maximum Gasteiger partial charge on any atom is 0.306 e. The SMILES string of the molecule is CCC(COC(=O)CCSCCCc1cc(C)cc(C(C)(C)C)c1O)(COC(=O)CCSCCCc1cc(C)cc(C(C)(C)C)c1O)COC(=O)CCSCCCc1cc(C)cc(C(C)(C)C)c1O. The van der Waals surface area contributed by atoms with Crippen LogP contribution in [0.2, 0.25) is 0 Å². The lowest BCUT2D eigenvalue weighted by Gasteiger charge is -2.31. The summed E-state index contributed by atoms with van der Waals surface area (Å²) in [6.07, 6.45) is 5.92. The Morgan fingerprint density at radius 1 is 0.449 bits per heavy atom. The number of carbonyl (C=O) groups excluding carboxylic acids is 3. The van der Waals surface area contributed by atoms with Gasteiger partial charge in [-0.2, -0.15) is 35.3 Å². The normalized spacial score (nSPS) is 12.3. The standard InChI is InChI=1S/C57H86O9S3/c1-14-57(36-64-48(58)21-27-67-24-15-18-42-30-39(2)33-45(51(42)61)54(5,6)7,37-65-49(59)22-28-68-25-16-19-43-31-40(3)34-46(52(43)62)55(8,9)10)38-66-50(60)23-29-69-26-17-20-44-32-41(4)35-47(53(44)63)56(11,12)13/h30-35,61-63H,14-29,36-38H2,1-13H3. The summed E-state index contributed by atoms with van der Waals surface area (Å²) in [5.41, 5.74) is 7.73. The zero-order chi connectivity index (χ0) is 51.6. The van der Waals surface area contributed by atoms with Crippen LogP contribution in [0.15, 0.2) is 36.4 Å². The lowest BCUT2D eigenvalue weighted by atomic mass is 9.83. The third kappa shape index (κ3) is 20.6. The third-order valence-electron chi connectivity index (χ3n) is 12.3. The Labute approximate surface area is 428 Å². The molecule has 3 rings (SSSR count). The first-order chi connectivity index (χ1) is 32.3. The summed E-state index contributed by atoms with van der Waals surface area (Å²) in [5.74, 6) is 4.27. The molecule has 12 heteroatoms. The zero-order valence-corrected chi connectivity index (χ0v) is 46.9. The number of hydrogen-bond donors (Lipinski definition) is 3. The lowest BCUT2D eigenvalue weighted by molar-refractivity contribution is -0.161. The highest BCUT2D eigenvalue weighted by Gasteiger charge is 2.34. The minimum atomic E-state index is -0.903. The lowest BCUT2D eigenvalue weighted by Crippen LogP contribution is -2.39. The molecule has 0 bridgehead atoms. The Kier molecular flexibility index (Phi) is 24.2. The van der Waals surface area contributed by atoms with Crippen molar-refractivity contribution in [3.8, 4) is 17.2 Å². The fourth-order valence-electron chi connectivity index (χ4n) is 8.06. The van der Waals surface area contributed by atoms with E-state index >= 15 is 0 Å². The molecule has 0 spiro atoms. The van der Waals surface area contributed by atoms with Crippen molar-refractivity contribution in [2.75, 3.05) is 54.3 Å². The monoisotopic (exact) mass is 1010 g/mol. The predicted molar refractivity (Wildman–Crippen MR) is 291 cm³/mol. The molecule has 0 fully saturated rings. The Hall–Kier alpha value is -3.48. The average molecular weight is 1010 g/mol. The fraction of sp³-hybridized carbons (Fsp3) is 0.632. The van der Waals surface area contributed by atoms with Gasteiger partial charge in [-0.25, -0.2) is 0 Å². The van der Waals surface area contributed by atoms with Gasteiger partial charge in [-0.15, -0.1) is 0 Å². The largest absolute Gasteiger partial charge is 0.507 e. The number of ether oxygens (including phenoxy) is 3. The van der Waals surface area contributed by atoms with E-state index in [1.807, 2.05) is 25.1 Å². The van der Waals surface area contributed by atoms with E-state index in [9.17, 15) is 29.7 Å². The maximum atomic E-state index is 13.1. The summed E-state index contributed by atoms with van der Waals surface area (Å²) in [5, 5.41) is 32.8. The molecule has 3 aromatic carbocycles. The molecule has 0 unspecified atom stereocenters. The topological polar surface area (TPSA) is 140 Å². The van der Waals surface area contributed by atoms with Gasteiger partial charge in [-0.05, 0) is 133 Å². The Morgan fingerprint density at radius 3 is 0.942 bits per heavy atom. The number of thioether (sulfide) groups is 3. The molecule has 0 aromatic heterocycles. The van der Waals surface area contributed by atoms with Gasteiger partial charge in [0.2, 0.25) is 0 Å². The average Bonchev–Trinajstić information content (AvgIpc) is 3.26. The van der Waals surface area contributed by atoms with Crippen molar-refractivity contribution in [2.45, 2.75) is 170 Å². The number of rotatable bonds is 28. The summed E-state index contributed by atoms with van der Waals surface area (Å²) in [7, 11) is 0. The van der Waals surface area contributed by atoms with Crippen molar-refractivity contribution in [1.82, 2.24) is 0 Å². The summed E-state index contributed by atoms with van der Waals surface area (Å²) < 4.78 is 17.4. The van der Waals surface area contributed by atoms with Gasteiger partial charge in [0.15, 0.2) is 0 Å². The van der Waals surface area contributed by atoms with Crippen molar-refractivity contribution in [3.63, 3.8) is 0 Å². The number of esters is 3. The molecular formula is C57H86O9S3. The molecule has 69 heavy (non-hydrogen) atoms. The minimum Gasteiger partial charge on any atom is -0.507 e. The molecule has 9 nitrogen and oxygen atoms in total. The first kappa shape index (κ1) is 59.8. The van der Waals surface area contributed by atoms with Crippen molar-refractivity contribution in [1.29, 1.82) is 0 Å². The van der Waals surface area contributed by atoms with E-state index in [0.717, 1.165) is 106 Å². The number of hydrogen-bond acceptors (Lipinski definition) is 12. The molecule has 0 atom stereocenters. The molecule has 0 radical (unpaired) electrons. The first-order valence-electron chi connectivity index (χ1n) is 25.0. The number of aryl methyl sites for hydroxylation is 6. The van der Waals surface area contributed by atoms with E-state index in [0.29, 0.717) is 40.9 Å². The van der Waals surface area contributed by atoms with Crippen molar-refractivity contribution in [2.24, 2.45) is 5.41 Å². The fourth-order valence-corrected chi connectivity index (χ4v) is 10.7. The van der Waals surface area contributed by atoms with Gasteiger partial charge in [-0.3, -0.25) is 14.4 Å². The van der Waals surface area contributed by atoms with Crippen LogP contribution in [-0.4, -0.2) is 87.6 Å². The van der Waals surface area contributed by atoms with E-state index < -0.39 is 5.41 Å². The predicted octanol–water partition coefficient (Wildman–Crippen LogP) is 13.2. The van der Waals surface area contributed by atoms with Crippen LogP contribution in [0.25, 0.3) is 0 Å². The number of phenolic OH excluding ortho intramolecular Hbond substituents is 3. The van der Waals surface area contributed by atoms with Crippen LogP contribution in [0.1, 0.15) is 164 Å². The second kappa shape index (κ2) is 27.9. The molecule has 0 aliphatic heterocycles. The van der Waals surface area contributed by atoms with E-state index in [4.69, 9.17) is 14.2 Å². The van der Waals surface area contributed by atoms with Crippen LogP contribution in [0, 0.1) is 26.2 Å². The Bertz CT molecular complexity index is 1890. The zero-order valence-electron chi connectivity index (χ0n) is 44.4. The first-order valence-corrected chi connectivity index (χ1v) is 28.4. The molecule has 386 valence electrons. The van der Waals surface area contributed by atoms with Gasteiger partial charge in [-0.1, -0.05) is 122 Å². The maximum absolute atomic E-state index is 13.1. The molecule has 0 saturated carbocycles. The number of carbonyl (C=O) groups is 3. The van der Waals surface area contributed by atoms with Crippen molar-refractivity contribution >= 4 is 53.2 Å². The molecule has 0 aliphatic carbocycles. The Balaban J connectivity index is 1.50. The molecule has 0 aliphatic rings. The van der Waals surface area contributed by atoms with Crippen LogP contribution in [0.3, 0.4) is 0 Å². The van der Waals surface area contributed by atoms with E-state index in [-0.39, 0.29) is 73.2 Å². The highest BCUT2D eigenvalue weighted by Crippen LogP contribution is 2.38. The Morgan fingerprint density at radius 2 is 0.710 bits per heavy atom. The number of phenols is 3. The van der Waals surface area contributed by atoms with Crippen LogP contribution >= 0.6 is 35.3 Å². The van der Waals surface area contributed by atoms with Gasteiger partial charge in [0.05, 0.1) is 24.7 Å². The molecule has 0 heterocycles. The number of aromatic hydroxyl groups is 3. The van der Waals surface area contributed by atoms with Crippen molar-refractivity contribution in [3.05, 3.63) is 86.5 Å². The smallest absolute Gasteiger partial charge is 0.306 e. The highest BCUT2D eigenvalue weighted by atomic mass is 32.2. The van der Waals surface area contributed by atoms with Gasteiger partial charge in [0.25, 0.3) is 0 Å². The summed E-state index contributed by atoms with van der Waals surface area (Å²) in [6, 6.07) is 12.3. The second-order valence-corrected chi connectivity index (χ2v) is 25.6. The summed E-state index contributed by atoms with van der Waals surface area (Å²) >= 11 is 5.00. The van der Waals surface area contributed by atoms with Gasteiger partial charge < -0.3 is 29.5 Å². The summed E-state index contributed by atoms with van der Waals surface area (Å²) in [6.45, 7) is 26.8. The van der Waals surface area contributed by atoms with Crippen molar-refractivity contribution < 1.29 is 43.9 Å².